The molecule has 23 heavy (non-hydrogen) atoms. The van der Waals surface area contributed by atoms with Crippen LogP contribution < -0.4 is 4.90 Å². The highest BCUT2D eigenvalue weighted by Gasteiger charge is 2.31. The van der Waals surface area contributed by atoms with E-state index in [1.54, 1.807) is 12.1 Å². The molecule has 1 atom stereocenters. The number of rotatable bonds is 7. The Morgan fingerprint density at radius 2 is 2.00 bits per heavy atom. The van der Waals surface area contributed by atoms with E-state index in [4.69, 9.17) is 0 Å². The molecule has 1 N–H and O–H groups in total. The first kappa shape index (κ1) is 16.3. The summed E-state index contributed by atoms with van der Waals surface area (Å²) in [6.07, 6.45) is 1.64. The summed E-state index contributed by atoms with van der Waals surface area (Å²) in [5.41, 5.74) is 0.734. The van der Waals surface area contributed by atoms with E-state index in [9.17, 15) is 9.50 Å². The highest BCUT2D eigenvalue weighted by Crippen LogP contribution is 2.30. The van der Waals surface area contributed by atoms with E-state index in [0.29, 0.717) is 19.1 Å². The Morgan fingerprint density at radius 3 is 2.57 bits per heavy atom. The summed E-state index contributed by atoms with van der Waals surface area (Å²) in [4.78, 5) is 8.67. The van der Waals surface area contributed by atoms with Crippen LogP contribution >= 0.6 is 11.5 Å². The highest BCUT2D eigenvalue weighted by molar-refractivity contribution is 7.09. The molecule has 1 heterocycles. The molecule has 1 aromatic carbocycles. The lowest BCUT2D eigenvalue weighted by Crippen LogP contribution is -2.30. The third-order valence-corrected chi connectivity index (χ3v) is 4.83. The van der Waals surface area contributed by atoms with Crippen molar-refractivity contribution in [3.63, 3.8) is 0 Å². The zero-order valence-electron chi connectivity index (χ0n) is 13.3. The van der Waals surface area contributed by atoms with Gasteiger partial charge in [-0.1, -0.05) is 12.1 Å². The third kappa shape index (κ3) is 4.25. The molecular formula is C16H21FN4OS. The summed E-state index contributed by atoms with van der Waals surface area (Å²) >= 11 is 1.38. The Kier molecular flexibility index (Phi) is 4.89. The van der Waals surface area contributed by atoms with Crippen molar-refractivity contribution in [3.05, 3.63) is 41.5 Å². The van der Waals surface area contributed by atoms with Gasteiger partial charge in [-0.2, -0.15) is 4.37 Å². The molecule has 1 aliphatic rings. The number of hydrogen-bond donors (Lipinski definition) is 1. The molecular weight excluding hydrogens is 315 g/mol. The fourth-order valence-electron chi connectivity index (χ4n) is 2.47. The van der Waals surface area contributed by atoms with Gasteiger partial charge in [0.25, 0.3) is 0 Å². The van der Waals surface area contributed by atoms with Gasteiger partial charge in [-0.25, -0.2) is 9.37 Å². The number of benzene rings is 1. The van der Waals surface area contributed by atoms with Crippen molar-refractivity contribution >= 4 is 16.7 Å². The van der Waals surface area contributed by atoms with Crippen LogP contribution in [0.4, 0.5) is 9.52 Å². The molecule has 0 amide bonds. The minimum Gasteiger partial charge on any atom is -0.387 e. The smallest absolute Gasteiger partial charge is 0.204 e. The average molecular weight is 336 g/mol. The lowest BCUT2D eigenvalue weighted by atomic mass is 10.1. The second-order valence-corrected chi connectivity index (χ2v) is 6.85. The molecule has 1 saturated carbocycles. The standard InChI is InChI=1S/C16H21FN4OS/c1-20(2)16-18-15(19-23-16)10-21(13-7-8-13)9-14(22)11-3-5-12(17)6-4-11/h3-6,13-14,22H,7-10H2,1-2H3/t14-/m1/s1. The van der Waals surface area contributed by atoms with Crippen molar-refractivity contribution in [2.24, 2.45) is 0 Å². The quantitative estimate of drug-likeness (QED) is 0.842. The molecule has 7 heteroatoms. The van der Waals surface area contributed by atoms with Gasteiger partial charge in [0.15, 0.2) is 5.82 Å². The third-order valence-electron chi connectivity index (χ3n) is 3.91. The van der Waals surface area contributed by atoms with Gasteiger partial charge in [-0.05, 0) is 30.5 Å². The van der Waals surface area contributed by atoms with Gasteiger partial charge in [0, 0.05) is 38.2 Å². The molecule has 0 unspecified atom stereocenters. The zero-order chi connectivity index (χ0) is 16.4. The Balaban J connectivity index is 1.65. The van der Waals surface area contributed by atoms with E-state index < -0.39 is 6.10 Å². The number of hydrogen-bond acceptors (Lipinski definition) is 6. The van der Waals surface area contributed by atoms with Crippen molar-refractivity contribution in [2.45, 2.75) is 31.5 Å². The molecule has 1 fully saturated rings. The molecule has 0 radical (unpaired) electrons. The Bertz CT molecular complexity index is 642. The number of aliphatic hydroxyl groups is 1. The maximum absolute atomic E-state index is 13.0. The first-order valence-electron chi connectivity index (χ1n) is 7.70. The minimum atomic E-state index is -0.636. The highest BCUT2D eigenvalue weighted by atomic mass is 32.1. The van der Waals surface area contributed by atoms with Crippen LogP contribution in [0.3, 0.4) is 0 Å². The van der Waals surface area contributed by atoms with Gasteiger partial charge in [0.1, 0.15) is 5.82 Å². The molecule has 2 aromatic rings. The van der Waals surface area contributed by atoms with Crippen molar-refractivity contribution in [1.82, 2.24) is 14.3 Å². The van der Waals surface area contributed by atoms with Gasteiger partial charge in [-0.15, -0.1) is 0 Å². The predicted octanol–water partition coefficient (Wildman–Crippen LogP) is 2.44. The first-order valence-corrected chi connectivity index (χ1v) is 8.48. The van der Waals surface area contributed by atoms with E-state index in [-0.39, 0.29) is 5.82 Å². The average Bonchev–Trinajstić information content (AvgIpc) is 3.26. The van der Waals surface area contributed by atoms with E-state index >= 15 is 0 Å². The molecule has 0 saturated heterocycles. The summed E-state index contributed by atoms with van der Waals surface area (Å²) in [5.74, 6) is 0.500. The van der Waals surface area contributed by atoms with Crippen molar-refractivity contribution in [1.29, 1.82) is 0 Å². The van der Waals surface area contributed by atoms with Gasteiger partial charge in [-0.3, -0.25) is 4.90 Å². The Morgan fingerprint density at radius 1 is 1.30 bits per heavy atom. The molecule has 0 bridgehead atoms. The number of aromatic nitrogens is 2. The summed E-state index contributed by atoms with van der Waals surface area (Å²) < 4.78 is 17.4. The van der Waals surface area contributed by atoms with Gasteiger partial charge in [0.05, 0.1) is 12.6 Å². The van der Waals surface area contributed by atoms with Crippen LogP contribution in [0.2, 0.25) is 0 Å². The predicted molar refractivity (Wildman–Crippen MR) is 89.0 cm³/mol. The van der Waals surface area contributed by atoms with Crippen LogP contribution in [-0.4, -0.2) is 46.0 Å². The molecule has 3 rings (SSSR count). The molecule has 1 aliphatic carbocycles. The van der Waals surface area contributed by atoms with Crippen molar-refractivity contribution < 1.29 is 9.50 Å². The molecule has 0 spiro atoms. The Labute approximate surface area is 139 Å². The second kappa shape index (κ2) is 6.90. The SMILES string of the molecule is CN(C)c1nc(CN(C[C@@H](O)c2ccc(F)cc2)C2CC2)ns1. The van der Waals surface area contributed by atoms with E-state index in [0.717, 1.165) is 29.4 Å². The van der Waals surface area contributed by atoms with Gasteiger partial charge in [0.2, 0.25) is 5.13 Å². The van der Waals surface area contributed by atoms with Gasteiger partial charge < -0.3 is 10.0 Å². The van der Waals surface area contributed by atoms with Gasteiger partial charge >= 0.3 is 0 Å². The summed E-state index contributed by atoms with van der Waals surface area (Å²) in [6, 6.07) is 6.51. The maximum atomic E-state index is 13.0. The fourth-order valence-corrected chi connectivity index (χ4v) is 3.06. The molecule has 5 nitrogen and oxygen atoms in total. The lowest BCUT2D eigenvalue weighted by molar-refractivity contribution is 0.103. The first-order chi connectivity index (χ1) is 11.0. The summed E-state index contributed by atoms with van der Waals surface area (Å²) in [5, 5.41) is 11.3. The monoisotopic (exact) mass is 336 g/mol. The Hall–Kier alpha value is -1.57. The molecule has 1 aromatic heterocycles. The van der Waals surface area contributed by atoms with Crippen LogP contribution in [-0.2, 0) is 6.54 Å². The fraction of sp³-hybridized carbons (Fsp3) is 0.500. The van der Waals surface area contributed by atoms with Crippen LogP contribution in [0.5, 0.6) is 0 Å². The summed E-state index contributed by atoms with van der Waals surface area (Å²) in [6.45, 7) is 1.14. The number of nitrogens with zero attached hydrogens (tertiary/aromatic N) is 4. The number of anilines is 1. The zero-order valence-corrected chi connectivity index (χ0v) is 14.1. The number of aliphatic hydroxyl groups excluding tert-OH is 1. The van der Waals surface area contributed by atoms with Crippen molar-refractivity contribution in [3.8, 4) is 0 Å². The topological polar surface area (TPSA) is 52.5 Å². The second-order valence-electron chi connectivity index (χ2n) is 6.12. The van der Waals surface area contributed by atoms with E-state index in [1.807, 2.05) is 19.0 Å². The normalized spacial score (nSPS) is 15.9. The maximum Gasteiger partial charge on any atom is 0.204 e. The summed E-state index contributed by atoms with van der Waals surface area (Å²) in [7, 11) is 3.89. The minimum absolute atomic E-state index is 0.289. The molecule has 124 valence electrons. The van der Waals surface area contributed by atoms with Crippen molar-refractivity contribution in [2.75, 3.05) is 25.5 Å². The lowest BCUT2D eigenvalue weighted by Gasteiger charge is -2.24. The molecule has 0 aliphatic heterocycles. The van der Waals surface area contributed by atoms with Crippen LogP contribution in [0, 0.1) is 5.82 Å². The number of halogens is 1. The van der Waals surface area contributed by atoms with E-state index in [1.165, 1.54) is 23.7 Å². The van der Waals surface area contributed by atoms with Crippen LogP contribution in [0.1, 0.15) is 30.3 Å². The van der Waals surface area contributed by atoms with E-state index in [2.05, 4.69) is 14.3 Å². The largest absolute Gasteiger partial charge is 0.387 e. The van der Waals surface area contributed by atoms with Crippen LogP contribution in [0.15, 0.2) is 24.3 Å². The van der Waals surface area contributed by atoms with Crippen LogP contribution in [0.25, 0.3) is 0 Å².